The van der Waals surface area contributed by atoms with E-state index in [1.54, 1.807) is 18.3 Å². The van der Waals surface area contributed by atoms with Gasteiger partial charge in [0, 0.05) is 5.69 Å². The van der Waals surface area contributed by atoms with Crippen molar-refractivity contribution < 1.29 is 27.5 Å². The molecule has 1 aromatic carbocycles. The normalized spacial score (nSPS) is 10.9. The minimum absolute atomic E-state index is 0.0575. The fourth-order valence-electron chi connectivity index (χ4n) is 1.36. The Balaban J connectivity index is 2.84. The SMILES string of the molecule is CCOC(=O)Cc1ccccc1NC(=O)C(F)(F)F. The summed E-state index contributed by atoms with van der Waals surface area (Å²) in [7, 11) is 0. The van der Waals surface area contributed by atoms with Crippen molar-refractivity contribution in [3.05, 3.63) is 29.8 Å². The van der Waals surface area contributed by atoms with Gasteiger partial charge in [-0.15, -0.1) is 0 Å². The summed E-state index contributed by atoms with van der Waals surface area (Å²) in [6.07, 6.45) is -5.18. The van der Waals surface area contributed by atoms with E-state index in [4.69, 9.17) is 4.74 Å². The highest BCUT2D eigenvalue weighted by Crippen LogP contribution is 2.21. The second-order valence-electron chi connectivity index (χ2n) is 3.59. The van der Waals surface area contributed by atoms with E-state index >= 15 is 0 Å². The molecule has 1 rings (SSSR count). The molecule has 0 radical (unpaired) electrons. The van der Waals surface area contributed by atoms with Crippen molar-refractivity contribution in [1.29, 1.82) is 0 Å². The van der Waals surface area contributed by atoms with Crippen LogP contribution in [-0.2, 0) is 20.7 Å². The van der Waals surface area contributed by atoms with Crippen molar-refractivity contribution in [2.75, 3.05) is 11.9 Å². The number of ether oxygens (including phenoxy) is 1. The smallest absolute Gasteiger partial charge is 0.466 e. The number of hydrogen-bond acceptors (Lipinski definition) is 3. The van der Waals surface area contributed by atoms with Crippen LogP contribution in [0.15, 0.2) is 24.3 Å². The zero-order valence-corrected chi connectivity index (χ0v) is 10.1. The molecule has 0 aliphatic rings. The minimum Gasteiger partial charge on any atom is -0.466 e. The van der Waals surface area contributed by atoms with Crippen LogP contribution >= 0.6 is 0 Å². The Kier molecular flexibility index (Phi) is 4.91. The fourth-order valence-corrected chi connectivity index (χ4v) is 1.36. The third-order valence-corrected chi connectivity index (χ3v) is 2.16. The zero-order valence-electron chi connectivity index (χ0n) is 10.1. The summed E-state index contributed by atoms with van der Waals surface area (Å²) in [6, 6.07) is 5.75. The van der Waals surface area contributed by atoms with Crippen LogP contribution < -0.4 is 5.32 Å². The van der Waals surface area contributed by atoms with E-state index < -0.39 is 18.1 Å². The summed E-state index contributed by atoms with van der Waals surface area (Å²) in [5.74, 6) is -2.65. The molecular formula is C12H12F3NO3. The molecule has 4 nitrogen and oxygen atoms in total. The molecule has 0 aliphatic carbocycles. The molecule has 0 spiro atoms. The van der Waals surface area contributed by atoms with Crippen LogP contribution in [0.3, 0.4) is 0 Å². The zero-order chi connectivity index (χ0) is 14.5. The Hall–Kier alpha value is -2.05. The number of anilines is 1. The first kappa shape index (κ1) is 15.0. The number of nitrogens with one attached hydrogen (secondary N) is 1. The molecule has 7 heteroatoms. The van der Waals surface area contributed by atoms with Gasteiger partial charge in [-0.25, -0.2) is 0 Å². The first-order valence-electron chi connectivity index (χ1n) is 5.46. The van der Waals surface area contributed by atoms with Gasteiger partial charge in [-0.3, -0.25) is 9.59 Å². The Morgan fingerprint density at radius 1 is 1.26 bits per heavy atom. The van der Waals surface area contributed by atoms with Gasteiger partial charge in [-0.2, -0.15) is 13.2 Å². The quantitative estimate of drug-likeness (QED) is 0.858. The lowest BCUT2D eigenvalue weighted by Gasteiger charge is -2.12. The van der Waals surface area contributed by atoms with Crippen LogP contribution in [0.1, 0.15) is 12.5 Å². The number of amides is 1. The third-order valence-electron chi connectivity index (χ3n) is 2.16. The average molecular weight is 275 g/mol. The molecule has 0 heterocycles. The molecule has 1 amide bonds. The lowest BCUT2D eigenvalue weighted by atomic mass is 10.1. The second kappa shape index (κ2) is 6.21. The van der Waals surface area contributed by atoms with Crippen molar-refractivity contribution in [2.24, 2.45) is 0 Å². The minimum atomic E-state index is -4.98. The lowest BCUT2D eigenvalue weighted by molar-refractivity contribution is -0.167. The first-order chi connectivity index (χ1) is 8.84. The summed E-state index contributed by atoms with van der Waals surface area (Å²) in [5, 5.41) is 1.73. The van der Waals surface area contributed by atoms with E-state index in [0.717, 1.165) is 0 Å². The van der Waals surface area contributed by atoms with Gasteiger partial charge in [0.1, 0.15) is 0 Å². The molecule has 0 aliphatic heterocycles. The monoisotopic (exact) mass is 275 g/mol. The van der Waals surface area contributed by atoms with Crippen molar-refractivity contribution in [3.63, 3.8) is 0 Å². The summed E-state index contributed by atoms with van der Waals surface area (Å²) < 4.78 is 41.1. The highest BCUT2D eigenvalue weighted by Gasteiger charge is 2.38. The number of carbonyl (C=O) groups is 2. The van der Waals surface area contributed by atoms with Crippen molar-refractivity contribution in [2.45, 2.75) is 19.5 Å². The molecule has 19 heavy (non-hydrogen) atoms. The van der Waals surface area contributed by atoms with E-state index in [1.165, 1.54) is 18.2 Å². The van der Waals surface area contributed by atoms with Crippen LogP contribution in [0.5, 0.6) is 0 Å². The van der Waals surface area contributed by atoms with E-state index in [2.05, 4.69) is 0 Å². The van der Waals surface area contributed by atoms with Crippen molar-refractivity contribution in [1.82, 2.24) is 0 Å². The van der Waals surface area contributed by atoms with Crippen LogP contribution in [0, 0.1) is 0 Å². The molecule has 0 aromatic heterocycles. The van der Waals surface area contributed by atoms with Crippen LogP contribution in [-0.4, -0.2) is 24.7 Å². The predicted molar refractivity (Wildman–Crippen MR) is 61.5 cm³/mol. The van der Waals surface area contributed by atoms with Gasteiger partial charge in [0.25, 0.3) is 0 Å². The Morgan fingerprint density at radius 2 is 1.89 bits per heavy atom. The van der Waals surface area contributed by atoms with E-state index in [1.807, 2.05) is 0 Å². The van der Waals surface area contributed by atoms with Gasteiger partial charge < -0.3 is 10.1 Å². The number of benzene rings is 1. The van der Waals surface area contributed by atoms with Crippen LogP contribution in [0.25, 0.3) is 0 Å². The van der Waals surface area contributed by atoms with E-state index in [9.17, 15) is 22.8 Å². The molecular weight excluding hydrogens is 263 g/mol. The summed E-state index contributed by atoms with van der Waals surface area (Å²) >= 11 is 0. The number of para-hydroxylation sites is 1. The highest BCUT2D eigenvalue weighted by molar-refractivity contribution is 5.96. The number of halogens is 3. The van der Waals surface area contributed by atoms with Gasteiger partial charge in [-0.05, 0) is 18.6 Å². The number of hydrogen-bond donors (Lipinski definition) is 1. The largest absolute Gasteiger partial charge is 0.471 e. The summed E-state index contributed by atoms with van der Waals surface area (Å²) in [5.41, 5.74) is 0.205. The Morgan fingerprint density at radius 3 is 2.47 bits per heavy atom. The summed E-state index contributed by atoms with van der Waals surface area (Å²) in [4.78, 5) is 22.1. The predicted octanol–water partition coefficient (Wildman–Crippen LogP) is 2.29. The van der Waals surface area contributed by atoms with E-state index in [-0.39, 0.29) is 24.3 Å². The fraction of sp³-hybridized carbons (Fsp3) is 0.333. The Labute approximate surface area is 107 Å². The van der Waals surface area contributed by atoms with Gasteiger partial charge in [0.05, 0.1) is 13.0 Å². The molecule has 1 N–H and O–H groups in total. The van der Waals surface area contributed by atoms with Crippen molar-refractivity contribution >= 4 is 17.6 Å². The number of rotatable bonds is 4. The molecule has 104 valence electrons. The molecule has 0 bridgehead atoms. The molecule has 0 unspecified atom stereocenters. The highest BCUT2D eigenvalue weighted by atomic mass is 19.4. The van der Waals surface area contributed by atoms with Gasteiger partial charge >= 0.3 is 18.1 Å². The maximum absolute atomic E-state index is 12.1. The topological polar surface area (TPSA) is 55.4 Å². The molecule has 0 saturated heterocycles. The van der Waals surface area contributed by atoms with Gasteiger partial charge in [0.15, 0.2) is 0 Å². The van der Waals surface area contributed by atoms with Gasteiger partial charge in [-0.1, -0.05) is 18.2 Å². The van der Waals surface area contributed by atoms with Crippen LogP contribution in [0.2, 0.25) is 0 Å². The third kappa shape index (κ3) is 4.61. The van der Waals surface area contributed by atoms with Crippen LogP contribution in [0.4, 0.5) is 18.9 Å². The average Bonchev–Trinajstić information content (AvgIpc) is 2.30. The van der Waals surface area contributed by atoms with E-state index in [0.29, 0.717) is 0 Å². The number of alkyl halides is 3. The maximum Gasteiger partial charge on any atom is 0.471 e. The Bertz CT molecular complexity index is 472. The van der Waals surface area contributed by atoms with Crippen molar-refractivity contribution in [3.8, 4) is 0 Å². The maximum atomic E-state index is 12.1. The number of esters is 1. The number of carbonyl (C=O) groups excluding carboxylic acids is 2. The molecule has 0 saturated carbocycles. The first-order valence-corrected chi connectivity index (χ1v) is 5.46. The molecule has 1 aromatic rings. The summed E-state index contributed by atoms with van der Waals surface area (Å²) in [6.45, 7) is 1.80. The van der Waals surface area contributed by atoms with Gasteiger partial charge in [0.2, 0.25) is 0 Å². The standard InChI is InChI=1S/C12H12F3NO3/c1-2-19-10(17)7-8-5-3-4-6-9(8)16-11(18)12(13,14)15/h3-6H,2,7H2,1H3,(H,16,18). The molecule has 0 fully saturated rings. The molecule has 0 atom stereocenters. The lowest BCUT2D eigenvalue weighted by Crippen LogP contribution is -2.30. The second-order valence-corrected chi connectivity index (χ2v) is 3.59.